The van der Waals surface area contributed by atoms with Gasteiger partial charge >= 0.3 is 0 Å². The minimum absolute atomic E-state index is 0.0774. The molecule has 3 N–H and O–H groups in total. The molecule has 1 unspecified atom stereocenters. The molecular formula is C13H21N5O. The highest BCUT2D eigenvalue weighted by Crippen LogP contribution is 2.18. The molecule has 1 aliphatic rings. The topological polar surface area (TPSA) is 76.3 Å². The lowest BCUT2D eigenvalue weighted by Gasteiger charge is -2.33. The highest BCUT2D eigenvalue weighted by Gasteiger charge is 2.20. The largest absolute Gasteiger partial charge is 0.373 e. The van der Waals surface area contributed by atoms with Crippen molar-refractivity contribution in [1.29, 1.82) is 0 Å². The Bertz CT molecular complexity index is 437. The van der Waals surface area contributed by atoms with Crippen LogP contribution in [-0.4, -0.2) is 48.9 Å². The lowest BCUT2D eigenvalue weighted by molar-refractivity contribution is 0.0463. The van der Waals surface area contributed by atoms with Crippen molar-refractivity contribution in [3.8, 4) is 0 Å². The second kappa shape index (κ2) is 6.49. The molecule has 0 bridgehead atoms. The summed E-state index contributed by atoms with van der Waals surface area (Å²) in [4.78, 5) is 11.0. The predicted molar refractivity (Wildman–Crippen MR) is 76.5 cm³/mol. The predicted octanol–water partition coefficient (Wildman–Crippen LogP) is 0.547. The Morgan fingerprint density at radius 1 is 1.63 bits per heavy atom. The van der Waals surface area contributed by atoms with Crippen molar-refractivity contribution in [3.63, 3.8) is 0 Å². The van der Waals surface area contributed by atoms with Crippen LogP contribution in [0.25, 0.3) is 0 Å². The van der Waals surface area contributed by atoms with Crippen molar-refractivity contribution in [3.05, 3.63) is 24.5 Å². The molecule has 0 aliphatic carbocycles. The zero-order valence-electron chi connectivity index (χ0n) is 11.3. The molecular weight excluding hydrogens is 242 g/mol. The van der Waals surface area contributed by atoms with Gasteiger partial charge in [-0.25, -0.2) is 9.97 Å². The first-order valence-electron chi connectivity index (χ1n) is 6.50. The van der Waals surface area contributed by atoms with Gasteiger partial charge in [-0.1, -0.05) is 6.08 Å². The lowest BCUT2D eigenvalue weighted by atomic mass is 10.2. The summed E-state index contributed by atoms with van der Waals surface area (Å²) in [7, 11) is 0. The van der Waals surface area contributed by atoms with Crippen LogP contribution in [0.2, 0.25) is 0 Å². The molecule has 6 nitrogen and oxygen atoms in total. The fourth-order valence-corrected chi connectivity index (χ4v) is 2.05. The van der Waals surface area contributed by atoms with Gasteiger partial charge in [0.05, 0.1) is 12.7 Å². The van der Waals surface area contributed by atoms with Crippen molar-refractivity contribution in [2.75, 3.05) is 43.0 Å². The standard InChI is InChI=1S/C13H21N5O/c1-3-4-15-12-7-13(17-10(2)16-12)18-5-6-19-11(8-14)9-18/h3,7,11H,1,4-6,8-9,14H2,2H3,(H,15,16,17). The van der Waals surface area contributed by atoms with Crippen LogP contribution in [0.4, 0.5) is 11.6 Å². The Kier molecular flexibility index (Phi) is 4.70. The summed E-state index contributed by atoms with van der Waals surface area (Å²) in [6.45, 7) is 9.07. The van der Waals surface area contributed by atoms with Crippen molar-refractivity contribution in [1.82, 2.24) is 9.97 Å². The van der Waals surface area contributed by atoms with E-state index in [4.69, 9.17) is 10.5 Å². The molecule has 0 spiro atoms. The molecule has 2 heterocycles. The lowest BCUT2D eigenvalue weighted by Crippen LogP contribution is -2.46. The normalized spacial score (nSPS) is 19.3. The molecule has 1 saturated heterocycles. The molecule has 0 amide bonds. The van der Waals surface area contributed by atoms with E-state index in [9.17, 15) is 0 Å². The third kappa shape index (κ3) is 3.65. The van der Waals surface area contributed by atoms with Gasteiger partial charge in [-0.3, -0.25) is 0 Å². The first-order chi connectivity index (χ1) is 9.22. The van der Waals surface area contributed by atoms with E-state index < -0.39 is 0 Å². The average molecular weight is 263 g/mol. The van der Waals surface area contributed by atoms with Gasteiger partial charge in [0, 0.05) is 32.2 Å². The van der Waals surface area contributed by atoms with Crippen LogP contribution in [0.1, 0.15) is 5.82 Å². The fraction of sp³-hybridized carbons (Fsp3) is 0.538. The van der Waals surface area contributed by atoms with E-state index >= 15 is 0 Å². The number of morpholine rings is 1. The molecule has 2 rings (SSSR count). The Labute approximate surface area is 113 Å². The van der Waals surface area contributed by atoms with Crippen LogP contribution < -0.4 is 16.0 Å². The van der Waals surface area contributed by atoms with Crippen LogP contribution in [-0.2, 0) is 4.74 Å². The summed E-state index contributed by atoms with van der Waals surface area (Å²) in [5.74, 6) is 2.49. The number of aromatic nitrogens is 2. The van der Waals surface area contributed by atoms with Crippen LogP contribution in [0, 0.1) is 6.92 Å². The summed E-state index contributed by atoms with van der Waals surface area (Å²) in [6.07, 6.45) is 1.88. The van der Waals surface area contributed by atoms with Gasteiger partial charge < -0.3 is 20.7 Å². The highest BCUT2D eigenvalue weighted by atomic mass is 16.5. The SMILES string of the molecule is C=CCNc1cc(N2CCOC(CN)C2)nc(C)n1. The van der Waals surface area contributed by atoms with Crippen LogP contribution in [0.5, 0.6) is 0 Å². The number of ether oxygens (including phenoxy) is 1. The average Bonchev–Trinajstić information content (AvgIpc) is 2.44. The molecule has 0 radical (unpaired) electrons. The summed E-state index contributed by atoms with van der Waals surface area (Å²) in [6, 6.07) is 1.95. The maximum absolute atomic E-state index is 5.66. The maximum Gasteiger partial charge on any atom is 0.134 e. The minimum Gasteiger partial charge on any atom is -0.373 e. The molecule has 19 heavy (non-hydrogen) atoms. The number of aryl methyl sites for hydroxylation is 1. The third-order valence-corrected chi connectivity index (χ3v) is 2.98. The maximum atomic E-state index is 5.66. The third-order valence-electron chi connectivity index (χ3n) is 2.98. The van der Waals surface area contributed by atoms with E-state index in [-0.39, 0.29) is 6.10 Å². The van der Waals surface area contributed by atoms with Crippen LogP contribution in [0.3, 0.4) is 0 Å². The number of nitrogens with zero attached hydrogens (tertiary/aromatic N) is 3. The van der Waals surface area contributed by atoms with E-state index in [1.54, 1.807) is 6.08 Å². The zero-order chi connectivity index (χ0) is 13.7. The summed E-state index contributed by atoms with van der Waals surface area (Å²) in [5.41, 5.74) is 5.66. The van der Waals surface area contributed by atoms with E-state index in [0.717, 1.165) is 30.5 Å². The smallest absolute Gasteiger partial charge is 0.134 e. The Morgan fingerprint density at radius 2 is 2.47 bits per heavy atom. The summed E-state index contributed by atoms with van der Waals surface area (Å²) < 4.78 is 5.57. The van der Waals surface area contributed by atoms with Gasteiger partial charge in [0.1, 0.15) is 17.5 Å². The van der Waals surface area contributed by atoms with Gasteiger partial charge in [-0.2, -0.15) is 0 Å². The molecule has 1 aromatic heterocycles. The zero-order valence-corrected chi connectivity index (χ0v) is 11.3. The minimum atomic E-state index is 0.0774. The molecule has 1 atom stereocenters. The summed E-state index contributed by atoms with van der Waals surface area (Å²) in [5, 5.41) is 3.19. The van der Waals surface area contributed by atoms with Crippen LogP contribution in [0.15, 0.2) is 18.7 Å². The molecule has 0 aromatic carbocycles. The number of hydrogen-bond donors (Lipinski definition) is 2. The number of nitrogens with one attached hydrogen (secondary N) is 1. The molecule has 104 valence electrons. The van der Waals surface area contributed by atoms with Crippen molar-refractivity contribution in [2.24, 2.45) is 5.73 Å². The Balaban J connectivity index is 2.14. The number of hydrogen-bond acceptors (Lipinski definition) is 6. The highest BCUT2D eigenvalue weighted by molar-refractivity contribution is 5.50. The quantitative estimate of drug-likeness (QED) is 0.755. The molecule has 1 aromatic rings. The van der Waals surface area contributed by atoms with Gasteiger partial charge in [0.15, 0.2) is 0 Å². The van der Waals surface area contributed by atoms with Gasteiger partial charge in [0.25, 0.3) is 0 Å². The second-order valence-electron chi connectivity index (χ2n) is 4.50. The number of nitrogens with two attached hydrogens (primary N) is 1. The van der Waals surface area contributed by atoms with Gasteiger partial charge in [-0.05, 0) is 6.92 Å². The fourth-order valence-electron chi connectivity index (χ4n) is 2.05. The van der Waals surface area contributed by atoms with Gasteiger partial charge in [0.2, 0.25) is 0 Å². The first-order valence-corrected chi connectivity index (χ1v) is 6.50. The van der Waals surface area contributed by atoms with Crippen molar-refractivity contribution in [2.45, 2.75) is 13.0 Å². The van der Waals surface area contributed by atoms with E-state index in [0.29, 0.717) is 19.7 Å². The van der Waals surface area contributed by atoms with Gasteiger partial charge in [-0.15, -0.1) is 6.58 Å². The Hall–Kier alpha value is -1.66. The van der Waals surface area contributed by atoms with E-state index in [1.807, 2.05) is 13.0 Å². The van der Waals surface area contributed by atoms with E-state index in [2.05, 4.69) is 26.8 Å². The molecule has 0 saturated carbocycles. The van der Waals surface area contributed by atoms with Crippen molar-refractivity contribution >= 4 is 11.6 Å². The molecule has 1 aliphatic heterocycles. The monoisotopic (exact) mass is 263 g/mol. The number of anilines is 2. The van der Waals surface area contributed by atoms with E-state index in [1.165, 1.54) is 0 Å². The summed E-state index contributed by atoms with van der Waals surface area (Å²) >= 11 is 0. The second-order valence-corrected chi connectivity index (χ2v) is 4.50. The first kappa shape index (κ1) is 13.8. The Morgan fingerprint density at radius 3 is 3.21 bits per heavy atom. The van der Waals surface area contributed by atoms with Crippen LogP contribution >= 0.6 is 0 Å². The molecule has 6 heteroatoms. The van der Waals surface area contributed by atoms with Crippen molar-refractivity contribution < 1.29 is 4.74 Å². The number of rotatable bonds is 5. The molecule has 1 fully saturated rings.